The van der Waals surface area contributed by atoms with Crippen LogP contribution in [0.15, 0.2) is 42.5 Å². The number of aliphatic carboxylic acids is 1. The zero-order chi connectivity index (χ0) is 14.7. The minimum atomic E-state index is -0.993. The summed E-state index contributed by atoms with van der Waals surface area (Å²) in [4.78, 5) is 22.6. The first-order valence-electron chi connectivity index (χ1n) is 5.73. The van der Waals surface area contributed by atoms with E-state index >= 15 is 0 Å². The van der Waals surface area contributed by atoms with Gasteiger partial charge in [0.2, 0.25) is 0 Å². The van der Waals surface area contributed by atoms with E-state index in [1.807, 2.05) is 12.1 Å². The van der Waals surface area contributed by atoms with Crippen LogP contribution in [0, 0.1) is 10.1 Å². The van der Waals surface area contributed by atoms with Crippen LogP contribution < -0.4 is 0 Å². The van der Waals surface area contributed by atoms with Crippen molar-refractivity contribution < 1.29 is 14.8 Å². The monoisotopic (exact) mass is 289 g/mol. The number of non-ortho nitro benzene ring substituents is 1. The lowest BCUT2D eigenvalue weighted by molar-refractivity contribution is -0.384. The molecule has 5 nitrogen and oxygen atoms in total. The van der Waals surface area contributed by atoms with Crippen LogP contribution in [0.1, 0.15) is 11.8 Å². The quantitative estimate of drug-likeness (QED) is 0.527. The van der Waals surface area contributed by atoms with Crippen LogP contribution in [0.4, 0.5) is 5.69 Å². The van der Waals surface area contributed by atoms with Crippen LogP contribution in [0.2, 0.25) is 0 Å². The van der Waals surface area contributed by atoms with Gasteiger partial charge in [-0.05, 0) is 30.2 Å². The number of hydrogen-bond acceptors (Lipinski definition) is 4. The second-order valence-electron chi connectivity index (χ2n) is 4.14. The van der Waals surface area contributed by atoms with Gasteiger partial charge in [-0.3, -0.25) is 10.1 Å². The van der Waals surface area contributed by atoms with Crippen LogP contribution in [0.5, 0.6) is 0 Å². The fraction of sp³-hybridized carbons (Fsp3) is 0.0714. The first-order chi connectivity index (χ1) is 9.47. The summed E-state index contributed by atoms with van der Waals surface area (Å²) in [5.74, 6) is -0.993. The van der Waals surface area contributed by atoms with Crippen LogP contribution in [-0.4, -0.2) is 16.0 Å². The van der Waals surface area contributed by atoms with Crippen molar-refractivity contribution >= 4 is 28.6 Å². The van der Waals surface area contributed by atoms with E-state index in [1.165, 1.54) is 23.5 Å². The first kappa shape index (κ1) is 14.0. The van der Waals surface area contributed by atoms with Gasteiger partial charge in [0.05, 0.1) is 4.92 Å². The standard InChI is InChI=1S/C14H11NO4S/c1-9(7-14(16)17)12-5-6-13(20-12)10-3-2-4-11(8-10)15(18)19/h2-8H,1H3,(H,16,17)/b9-7+. The van der Waals surface area contributed by atoms with Gasteiger partial charge in [0.25, 0.3) is 5.69 Å². The zero-order valence-electron chi connectivity index (χ0n) is 10.6. The molecule has 2 aromatic rings. The van der Waals surface area contributed by atoms with Crippen molar-refractivity contribution in [2.75, 3.05) is 0 Å². The van der Waals surface area contributed by atoms with E-state index in [2.05, 4.69) is 0 Å². The Labute approximate surface area is 119 Å². The molecule has 1 N–H and O–H groups in total. The second kappa shape index (κ2) is 5.66. The van der Waals surface area contributed by atoms with Crippen molar-refractivity contribution in [3.05, 3.63) is 57.5 Å². The molecular weight excluding hydrogens is 278 g/mol. The Kier molecular flexibility index (Phi) is 3.95. The molecule has 0 fully saturated rings. The van der Waals surface area contributed by atoms with Crippen molar-refractivity contribution in [2.24, 2.45) is 0 Å². The maximum atomic E-state index is 10.8. The summed E-state index contributed by atoms with van der Waals surface area (Å²) in [6.45, 7) is 1.72. The molecular formula is C14H11NO4S. The minimum Gasteiger partial charge on any atom is -0.478 e. The molecule has 0 unspecified atom stereocenters. The minimum absolute atomic E-state index is 0.0373. The summed E-state index contributed by atoms with van der Waals surface area (Å²) in [7, 11) is 0. The Morgan fingerprint density at radius 1 is 1.35 bits per heavy atom. The first-order valence-corrected chi connectivity index (χ1v) is 6.55. The number of carbonyl (C=O) groups is 1. The van der Waals surface area contributed by atoms with Crippen LogP contribution >= 0.6 is 11.3 Å². The maximum absolute atomic E-state index is 10.8. The molecule has 0 saturated carbocycles. The lowest BCUT2D eigenvalue weighted by Crippen LogP contribution is -1.88. The molecule has 0 spiro atoms. The largest absolute Gasteiger partial charge is 0.478 e. The van der Waals surface area contributed by atoms with Gasteiger partial charge in [-0.2, -0.15) is 0 Å². The number of hydrogen-bond donors (Lipinski definition) is 1. The number of carboxylic acid groups (broad SMARTS) is 1. The van der Waals surface area contributed by atoms with Crippen molar-refractivity contribution in [1.82, 2.24) is 0 Å². The molecule has 1 heterocycles. The van der Waals surface area contributed by atoms with Crippen molar-refractivity contribution in [2.45, 2.75) is 6.92 Å². The van der Waals surface area contributed by atoms with E-state index in [9.17, 15) is 14.9 Å². The van der Waals surface area contributed by atoms with Gasteiger partial charge in [0, 0.05) is 28.0 Å². The Bertz CT molecular complexity index is 703. The summed E-state index contributed by atoms with van der Waals surface area (Å²) in [5.41, 5.74) is 1.44. The second-order valence-corrected chi connectivity index (χ2v) is 5.22. The molecule has 2 rings (SSSR count). The number of rotatable bonds is 4. The highest BCUT2D eigenvalue weighted by Gasteiger charge is 2.10. The zero-order valence-corrected chi connectivity index (χ0v) is 11.4. The lowest BCUT2D eigenvalue weighted by atomic mass is 10.1. The van der Waals surface area contributed by atoms with E-state index in [0.717, 1.165) is 21.4 Å². The summed E-state index contributed by atoms with van der Waals surface area (Å²) in [6, 6.07) is 10.0. The summed E-state index contributed by atoms with van der Waals surface area (Å²) < 4.78 is 0. The van der Waals surface area contributed by atoms with Crippen LogP contribution in [-0.2, 0) is 4.79 Å². The number of thiophene rings is 1. The summed E-state index contributed by atoms with van der Waals surface area (Å²) in [6.07, 6.45) is 1.14. The van der Waals surface area contributed by atoms with Crippen LogP contribution in [0.25, 0.3) is 16.0 Å². The van der Waals surface area contributed by atoms with Gasteiger partial charge < -0.3 is 5.11 Å². The predicted molar refractivity (Wildman–Crippen MR) is 77.7 cm³/mol. The summed E-state index contributed by atoms with van der Waals surface area (Å²) >= 11 is 1.40. The van der Waals surface area contributed by atoms with Gasteiger partial charge in [-0.25, -0.2) is 4.79 Å². The number of nitrogens with zero attached hydrogens (tertiary/aromatic N) is 1. The Balaban J connectivity index is 2.36. The Morgan fingerprint density at radius 3 is 2.75 bits per heavy atom. The van der Waals surface area contributed by atoms with Crippen molar-refractivity contribution in [3.8, 4) is 10.4 Å². The van der Waals surface area contributed by atoms with E-state index in [1.54, 1.807) is 19.1 Å². The lowest BCUT2D eigenvalue weighted by Gasteiger charge is -1.98. The van der Waals surface area contributed by atoms with Gasteiger partial charge in [-0.15, -0.1) is 11.3 Å². The number of benzene rings is 1. The third-order valence-corrected chi connectivity index (χ3v) is 3.95. The fourth-order valence-corrected chi connectivity index (χ4v) is 2.71. The van der Waals surface area contributed by atoms with Gasteiger partial charge in [0.1, 0.15) is 0 Å². The fourth-order valence-electron chi connectivity index (χ4n) is 1.73. The molecule has 102 valence electrons. The number of nitro groups is 1. The smallest absolute Gasteiger partial charge is 0.328 e. The SMILES string of the molecule is C/C(=C\C(=O)O)c1ccc(-c2cccc([N+](=O)[O-])c2)s1. The van der Waals surface area contributed by atoms with E-state index in [-0.39, 0.29) is 5.69 Å². The van der Waals surface area contributed by atoms with E-state index in [0.29, 0.717) is 5.57 Å². The molecule has 1 aromatic heterocycles. The Hall–Kier alpha value is -2.47. The normalized spacial score (nSPS) is 11.3. The topological polar surface area (TPSA) is 80.4 Å². The Morgan fingerprint density at radius 2 is 2.10 bits per heavy atom. The van der Waals surface area contributed by atoms with Gasteiger partial charge >= 0.3 is 5.97 Å². The molecule has 1 aromatic carbocycles. The van der Waals surface area contributed by atoms with Crippen molar-refractivity contribution in [1.29, 1.82) is 0 Å². The van der Waals surface area contributed by atoms with Gasteiger partial charge in [-0.1, -0.05) is 12.1 Å². The van der Waals surface area contributed by atoms with Crippen molar-refractivity contribution in [3.63, 3.8) is 0 Å². The molecule has 0 saturated heterocycles. The molecule has 0 amide bonds. The molecule has 6 heteroatoms. The molecule has 0 atom stereocenters. The number of carboxylic acids is 1. The molecule has 20 heavy (non-hydrogen) atoms. The highest BCUT2D eigenvalue weighted by molar-refractivity contribution is 7.16. The highest BCUT2D eigenvalue weighted by Crippen LogP contribution is 2.33. The number of allylic oxidation sites excluding steroid dienone is 1. The summed E-state index contributed by atoms with van der Waals surface area (Å²) in [5, 5.41) is 19.5. The van der Waals surface area contributed by atoms with E-state index in [4.69, 9.17) is 5.11 Å². The average molecular weight is 289 g/mol. The third kappa shape index (κ3) is 3.10. The average Bonchev–Trinajstić information content (AvgIpc) is 2.87. The van der Waals surface area contributed by atoms with E-state index < -0.39 is 10.9 Å². The maximum Gasteiger partial charge on any atom is 0.328 e. The predicted octanol–water partition coefficient (Wildman–Crippen LogP) is 3.81. The third-order valence-electron chi connectivity index (χ3n) is 2.68. The van der Waals surface area contributed by atoms with Crippen LogP contribution in [0.3, 0.4) is 0 Å². The van der Waals surface area contributed by atoms with Gasteiger partial charge in [0.15, 0.2) is 0 Å². The molecule has 0 aliphatic heterocycles. The molecule has 0 aliphatic rings. The molecule has 0 aliphatic carbocycles. The molecule has 0 radical (unpaired) electrons. The highest BCUT2D eigenvalue weighted by atomic mass is 32.1. The molecule has 0 bridgehead atoms. The number of nitro benzene ring substituents is 1.